The molecule has 0 radical (unpaired) electrons. The number of anilines is 1. The highest BCUT2D eigenvalue weighted by atomic mass is 32.2. The highest BCUT2D eigenvalue weighted by Gasteiger charge is 2.26. The van der Waals surface area contributed by atoms with Crippen molar-refractivity contribution in [2.75, 3.05) is 38.6 Å². The molecule has 11 heteroatoms. The first-order valence-corrected chi connectivity index (χ1v) is 11.5. The summed E-state index contributed by atoms with van der Waals surface area (Å²) in [5.41, 5.74) is -0.166. The molecule has 0 saturated carbocycles. The molecule has 0 aromatic carbocycles. The predicted octanol–water partition coefficient (Wildman–Crippen LogP) is 0.891. The maximum Gasteiger partial charge on any atom is 0.247 e. The molecular formula is C18H22N6O3S2. The summed E-state index contributed by atoms with van der Waals surface area (Å²) in [6, 6.07) is 3.76. The maximum absolute atomic E-state index is 13.0. The molecule has 0 spiro atoms. The first kappa shape index (κ1) is 20.0. The Morgan fingerprint density at radius 3 is 2.76 bits per heavy atom. The van der Waals surface area contributed by atoms with E-state index < -0.39 is 15.5 Å². The molecule has 3 aromatic rings. The van der Waals surface area contributed by atoms with Crippen LogP contribution in [0.15, 0.2) is 39.6 Å². The average molecular weight is 435 g/mol. The Labute approximate surface area is 172 Å². The number of sulfonamides is 1. The van der Waals surface area contributed by atoms with Gasteiger partial charge in [0.05, 0.1) is 5.39 Å². The van der Waals surface area contributed by atoms with Crippen molar-refractivity contribution < 1.29 is 8.42 Å². The second-order valence-corrected chi connectivity index (χ2v) is 10.1. The van der Waals surface area contributed by atoms with Gasteiger partial charge in [-0.1, -0.05) is 0 Å². The van der Waals surface area contributed by atoms with Crippen LogP contribution in [0.5, 0.6) is 0 Å². The van der Waals surface area contributed by atoms with Gasteiger partial charge in [0, 0.05) is 57.5 Å². The van der Waals surface area contributed by atoms with E-state index >= 15 is 0 Å². The van der Waals surface area contributed by atoms with Crippen LogP contribution in [-0.2, 0) is 10.0 Å². The molecular weight excluding hydrogens is 412 g/mol. The van der Waals surface area contributed by atoms with Gasteiger partial charge in [0.2, 0.25) is 15.5 Å². The molecule has 4 heterocycles. The van der Waals surface area contributed by atoms with Gasteiger partial charge in [-0.15, -0.1) is 11.3 Å². The molecule has 0 aliphatic carbocycles. The third-order valence-corrected chi connectivity index (χ3v) is 7.46. The summed E-state index contributed by atoms with van der Waals surface area (Å²) >= 11 is 1.34. The fourth-order valence-electron chi connectivity index (χ4n) is 3.35. The summed E-state index contributed by atoms with van der Waals surface area (Å²) in [6.45, 7) is 4.56. The molecule has 3 aromatic heterocycles. The average Bonchev–Trinajstić information content (AvgIpc) is 3.22. The third kappa shape index (κ3) is 3.54. The monoisotopic (exact) mass is 434 g/mol. The number of nitrogens with zero attached hydrogens (tertiary/aromatic N) is 5. The van der Waals surface area contributed by atoms with Crippen LogP contribution in [0.4, 0.5) is 5.82 Å². The molecule has 4 rings (SSSR count). The molecule has 1 atom stereocenters. The summed E-state index contributed by atoms with van der Waals surface area (Å²) in [7, 11) is -1.12. The minimum atomic E-state index is -3.92. The lowest BCUT2D eigenvalue weighted by Gasteiger charge is -2.32. The number of hydrogen-bond acceptors (Lipinski definition) is 8. The largest absolute Gasteiger partial charge is 0.354 e. The molecule has 9 nitrogen and oxygen atoms in total. The van der Waals surface area contributed by atoms with Gasteiger partial charge in [-0.3, -0.25) is 9.36 Å². The van der Waals surface area contributed by atoms with Gasteiger partial charge in [-0.2, -0.15) is 0 Å². The summed E-state index contributed by atoms with van der Waals surface area (Å²) in [5, 5.41) is 5.98. The second-order valence-electron chi connectivity index (χ2n) is 7.14. The first-order valence-electron chi connectivity index (χ1n) is 9.16. The Balaban J connectivity index is 1.97. The normalized spacial score (nSPS) is 17.9. The molecule has 29 heavy (non-hydrogen) atoms. The van der Waals surface area contributed by atoms with Crippen LogP contribution in [0.2, 0.25) is 0 Å². The van der Waals surface area contributed by atoms with Crippen molar-refractivity contribution in [2.45, 2.75) is 17.9 Å². The number of fused-ring (bicyclic) bond motifs is 1. The Morgan fingerprint density at radius 1 is 1.31 bits per heavy atom. The van der Waals surface area contributed by atoms with Gasteiger partial charge in [0.1, 0.15) is 10.7 Å². The van der Waals surface area contributed by atoms with Crippen LogP contribution in [0.1, 0.15) is 6.92 Å². The summed E-state index contributed by atoms with van der Waals surface area (Å²) in [6.07, 6.45) is 2.96. The highest BCUT2D eigenvalue weighted by Crippen LogP contribution is 2.23. The Morgan fingerprint density at radius 2 is 2.10 bits per heavy atom. The minimum Gasteiger partial charge on any atom is -0.354 e. The topological polar surface area (TPSA) is 100 Å². The molecule has 1 aliphatic heterocycles. The molecule has 154 valence electrons. The van der Waals surface area contributed by atoms with E-state index in [1.54, 1.807) is 28.3 Å². The van der Waals surface area contributed by atoms with E-state index in [1.807, 2.05) is 0 Å². The van der Waals surface area contributed by atoms with E-state index in [1.165, 1.54) is 31.6 Å². The quantitative estimate of drug-likeness (QED) is 0.651. The summed E-state index contributed by atoms with van der Waals surface area (Å²) in [5.74, 6) is 0.749. The predicted molar refractivity (Wildman–Crippen MR) is 114 cm³/mol. The van der Waals surface area contributed by atoms with Crippen molar-refractivity contribution >= 4 is 38.2 Å². The van der Waals surface area contributed by atoms with Crippen molar-refractivity contribution in [3.05, 3.63) is 40.1 Å². The number of nitrogens with one attached hydrogen (secondary N) is 1. The number of pyridine rings is 2. The van der Waals surface area contributed by atoms with E-state index in [2.05, 4.69) is 22.1 Å². The number of hydrogen-bond donors (Lipinski definition) is 1. The number of rotatable bonds is 4. The molecule has 1 fully saturated rings. The van der Waals surface area contributed by atoms with Gasteiger partial charge in [0.15, 0.2) is 10.8 Å². The number of piperazine rings is 1. The number of thiazole rings is 1. The van der Waals surface area contributed by atoms with Crippen LogP contribution < -0.4 is 15.6 Å². The van der Waals surface area contributed by atoms with Gasteiger partial charge in [0.25, 0.3) is 0 Å². The van der Waals surface area contributed by atoms with Crippen LogP contribution in [0.3, 0.4) is 0 Å². The van der Waals surface area contributed by atoms with E-state index in [-0.39, 0.29) is 10.3 Å². The fourth-order valence-corrected chi connectivity index (χ4v) is 4.94. The molecule has 1 unspecified atom stereocenters. The molecule has 1 aliphatic rings. The van der Waals surface area contributed by atoms with Crippen LogP contribution >= 0.6 is 11.3 Å². The van der Waals surface area contributed by atoms with Gasteiger partial charge >= 0.3 is 0 Å². The van der Waals surface area contributed by atoms with Crippen molar-refractivity contribution in [3.8, 4) is 5.13 Å². The number of aromatic nitrogens is 3. The lowest BCUT2D eigenvalue weighted by molar-refractivity contribution is 0.482. The maximum atomic E-state index is 13.0. The van der Waals surface area contributed by atoms with Gasteiger partial charge in [-0.05, 0) is 19.1 Å². The highest BCUT2D eigenvalue weighted by molar-refractivity contribution is 7.89. The van der Waals surface area contributed by atoms with Crippen LogP contribution in [0, 0.1) is 0 Å². The van der Waals surface area contributed by atoms with E-state index in [0.29, 0.717) is 16.8 Å². The SMILES string of the molecule is CC1CN(c2ccc3c(=O)c(S(=O)(=O)N(C)C)cn(-c4nccs4)c3n2)CCN1. The van der Waals surface area contributed by atoms with E-state index in [0.717, 1.165) is 29.8 Å². The van der Waals surface area contributed by atoms with Crippen molar-refractivity contribution in [2.24, 2.45) is 0 Å². The second kappa shape index (κ2) is 7.48. The fraction of sp³-hybridized carbons (Fsp3) is 0.389. The zero-order chi connectivity index (χ0) is 20.8. The molecule has 0 amide bonds. The van der Waals surface area contributed by atoms with Gasteiger partial charge in [-0.25, -0.2) is 22.7 Å². The van der Waals surface area contributed by atoms with Crippen LogP contribution in [0.25, 0.3) is 16.2 Å². The summed E-state index contributed by atoms with van der Waals surface area (Å²) in [4.78, 5) is 23.9. The third-order valence-electron chi connectivity index (χ3n) is 4.88. The van der Waals surface area contributed by atoms with Crippen LogP contribution in [-0.4, -0.2) is 67.0 Å². The van der Waals surface area contributed by atoms with Crippen molar-refractivity contribution in [1.29, 1.82) is 0 Å². The lowest BCUT2D eigenvalue weighted by atomic mass is 10.2. The van der Waals surface area contributed by atoms with E-state index in [4.69, 9.17) is 4.98 Å². The molecule has 1 saturated heterocycles. The van der Waals surface area contributed by atoms with Crippen molar-refractivity contribution in [1.82, 2.24) is 24.2 Å². The lowest BCUT2D eigenvalue weighted by Crippen LogP contribution is -2.49. The standard InChI is InChI=1S/C18H22N6O3S2/c1-12-10-23(8-6-19-12)15-5-4-13-16(25)14(29(26,27)22(2)3)11-24(17(13)21-15)18-20-7-9-28-18/h4-5,7,9,11-12,19H,6,8,10H2,1-3H3. The summed E-state index contributed by atoms with van der Waals surface area (Å²) < 4.78 is 28.1. The Kier molecular flexibility index (Phi) is 5.15. The zero-order valence-corrected chi connectivity index (χ0v) is 18.0. The Hall–Kier alpha value is -2.34. The first-order chi connectivity index (χ1) is 13.8. The zero-order valence-electron chi connectivity index (χ0n) is 16.4. The van der Waals surface area contributed by atoms with E-state index in [9.17, 15) is 13.2 Å². The Bertz CT molecular complexity index is 1200. The minimum absolute atomic E-state index is 0.245. The molecule has 1 N–H and O–H groups in total. The molecule has 0 bridgehead atoms. The smallest absolute Gasteiger partial charge is 0.247 e. The van der Waals surface area contributed by atoms with Gasteiger partial charge < -0.3 is 10.2 Å². The van der Waals surface area contributed by atoms with Crippen molar-refractivity contribution in [3.63, 3.8) is 0 Å².